The van der Waals surface area contributed by atoms with Gasteiger partial charge < -0.3 is 9.80 Å². The number of carbonyl (C=O) groups is 2. The van der Waals surface area contributed by atoms with Crippen LogP contribution in [0.15, 0.2) is 24.4 Å². The second kappa shape index (κ2) is 7.91. The average molecular weight is 383 g/mol. The van der Waals surface area contributed by atoms with Crippen LogP contribution >= 0.6 is 0 Å². The highest BCUT2D eigenvalue weighted by Crippen LogP contribution is 2.21. The lowest BCUT2D eigenvalue weighted by Crippen LogP contribution is -2.53. The number of hydrogen-bond acceptors (Lipinski definition) is 4. The van der Waals surface area contributed by atoms with Gasteiger partial charge in [-0.25, -0.2) is 0 Å². The molecule has 4 rings (SSSR count). The summed E-state index contributed by atoms with van der Waals surface area (Å²) in [6.45, 7) is 9.39. The standard InChI is InChI=1S/C21H29N5O2/c1-15-10-16(2)13-26(12-15)19(27)14-24-6-8-25(9-7-24)21(28)18-5-3-4-17-11-22-23-20(17)18/h3-5,11,15-16H,6-10,12-14H2,1-2H3,(H,22,23). The zero-order chi connectivity index (χ0) is 19.7. The molecule has 2 fully saturated rings. The Hall–Kier alpha value is -2.41. The molecule has 0 radical (unpaired) electrons. The summed E-state index contributed by atoms with van der Waals surface area (Å²) in [7, 11) is 0. The lowest BCUT2D eigenvalue weighted by molar-refractivity contribution is -0.135. The molecule has 150 valence electrons. The van der Waals surface area contributed by atoms with Gasteiger partial charge in [-0.2, -0.15) is 5.10 Å². The largest absolute Gasteiger partial charge is 0.341 e. The van der Waals surface area contributed by atoms with Crippen molar-refractivity contribution in [3.05, 3.63) is 30.0 Å². The number of aromatic nitrogens is 2. The van der Waals surface area contributed by atoms with Crippen LogP contribution in [0.2, 0.25) is 0 Å². The number of carbonyl (C=O) groups excluding carboxylic acids is 2. The summed E-state index contributed by atoms with van der Waals surface area (Å²) >= 11 is 0. The van der Waals surface area contributed by atoms with Crippen molar-refractivity contribution >= 4 is 22.7 Å². The molecule has 7 heteroatoms. The Morgan fingerprint density at radius 1 is 1.07 bits per heavy atom. The summed E-state index contributed by atoms with van der Waals surface area (Å²) < 4.78 is 0. The smallest absolute Gasteiger partial charge is 0.256 e. The molecule has 1 N–H and O–H groups in total. The number of nitrogens with zero attached hydrogens (tertiary/aromatic N) is 4. The van der Waals surface area contributed by atoms with Gasteiger partial charge in [0.25, 0.3) is 5.91 Å². The number of piperazine rings is 1. The Labute approximate surface area is 165 Å². The van der Waals surface area contributed by atoms with Crippen LogP contribution in [0.3, 0.4) is 0 Å². The molecule has 28 heavy (non-hydrogen) atoms. The Morgan fingerprint density at radius 2 is 1.79 bits per heavy atom. The predicted molar refractivity (Wildman–Crippen MR) is 108 cm³/mol. The van der Waals surface area contributed by atoms with Gasteiger partial charge in [-0.1, -0.05) is 26.0 Å². The van der Waals surface area contributed by atoms with Crippen LogP contribution in [0.25, 0.3) is 10.9 Å². The molecular weight excluding hydrogens is 354 g/mol. The van der Waals surface area contributed by atoms with Crippen LogP contribution in [-0.4, -0.2) is 82.5 Å². The van der Waals surface area contributed by atoms with E-state index in [-0.39, 0.29) is 11.8 Å². The second-order valence-corrected chi connectivity index (χ2v) is 8.45. The van der Waals surface area contributed by atoms with Crippen molar-refractivity contribution in [2.45, 2.75) is 20.3 Å². The molecule has 0 spiro atoms. The van der Waals surface area contributed by atoms with Crippen molar-refractivity contribution in [3.63, 3.8) is 0 Å². The molecule has 2 aromatic rings. The number of nitrogens with one attached hydrogen (secondary N) is 1. The Bertz CT molecular complexity index is 845. The number of aromatic amines is 1. The molecule has 2 aliphatic heterocycles. The van der Waals surface area contributed by atoms with Crippen LogP contribution in [0.1, 0.15) is 30.6 Å². The van der Waals surface area contributed by atoms with E-state index in [0.717, 1.165) is 37.1 Å². The summed E-state index contributed by atoms with van der Waals surface area (Å²) in [5.74, 6) is 1.40. The van der Waals surface area contributed by atoms with Crippen molar-refractivity contribution in [2.24, 2.45) is 11.8 Å². The van der Waals surface area contributed by atoms with E-state index in [0.29, 0.717) is 37.0 Å². The number of likely N-dealkylation sites (tertiary alicyclic amines) is 1. The maximum Gasteiger partial charge on any atom is 0.256 e. The fourth-order valence-corrected chi connectivity index (χ4v) is 4.58. The molecule has 2 amide bonds. The Kier molecular flexibility index (Phi) is 5.35. The summed E-state index contributed by atoms with van der Waals surface area (Å²) in [4.78, 5) is 31.7. The molecular formula is C21H29N5O2. The van der Waals surface area contributed by atoms with Crippen LogP contribution < -0.4 is 0 Å². The van der Waals surface area contributed by atoms with Crippen molar-refractivity contribution in [1.29, 1.82) is 0 Å². The fourth-order valence-electron chi connectivity index (χ4n) is 4.58. The van der Waals surface area contributed by atoms with Crippen molar-refractivity contribution in [1.82, 2.24) is 24.9 Å². The minimum atomic E-state index is 0.0273. The molecule has 2 unspecified atom stereocenters. The normalized spacial score (nSPS) is 23.9. The molecule has 2 saturated heterocycles. The third-order valence-electron chi connectivity index (χ3n) is 5.95. The lowest BCUT2D eigenvalue weighted by Gasteiger charge is -2.38. The molecule has 1 aromatic carbocycles. The maximum atomic E-state index is 12.9. The molecule has 1 aromatic heterocycles. The number of hydrogen-bond donors (Lipinski definition) is 1. The molecule has 2 aliphatic rings. The predicted octanol–water partition coefficient (Wildman–Crippen LogP) is 1.83. The van der Waals surface area contributed by atoms with Crippen LogP contribution in [-0.2, 0) is 4.79 Å². The third kappa shape index (κ3) is 3.90. The molecule has 2 atom stereocenters. The van der Waals surface area contributed by atoms with E-state index < -0.39 is 0 Å². The average Bonchev–Trinajstić information content (AvgIpc) is 3.16. The summed E-state index contributed by atoms with van der Waals surface area (Å²) in [5, 5.41) is 7.92. The first kappa shape index (κ1) is 18.9. The van der Waals surface area contributed by atoms with Gasteiger partial charge in [0.05, 0.1) is 23.8 Å². The highest BCUT2D eigenvalue weighted by Gasteiger charge is 2.29. The molecule has 7 nitrogen and oxygen atoms in total. The zero-order valence-electron chi connectivity index (χ0n) is 16.7. The first-order valence-corrected chi connectivity index (χ1v) is 10.2. The van der Waals surface area contributed by atoms with Crippen LogP contribution in [0.5, 0.6) is 0 Å². The third-order valence-corrected chi connectivity index (χ3v) is 5.95. The SMILES string of the molecule is CC1CC(C)CN(C(=O)CN2CCN(C(=O)c3cccc4cn[nH]c34)CC2)C1. The van der Waals surface area contributed by atoms with E-state index in [1.807, 2.05) is 28.0 Å². The summed E-state index contributed by atoms with van der Waals surface area (Å²) in [6.07, 6.45) is 2.94. The van der Waals surface area contributed by atoms with E-state index >= 15 is 0 Å². The van der Waals surface area contributed by atoms with Crippen molar-refractivity contribution < 1.29 is 9.59 Å². The zero-order valence-corrected chi connectivity index (χ0v) is 16.7. The highest BCUT2D eigenvalue weighted by molar-refractivity contribution is 6.05. The Balaban J connectivity index is 1.33. The molecule has 0 bridgehead atoms. The van der Waals surface area contributed by atoms with Gasteiger partial charge in [0, 0.05) is 44.7 Å². The van der Waals surface area contributed by atoms with E-state index in [2.05, 4.69) is 28.9 Å². The number of fused-ring (bicyclic) bond motifs is 1. The number of H-pyrrole nitrogens is 1. The van der Waals surface area contributed by atoms with Crippen LogP contribution in [0, 0.1) is 11.8 Å². The van der Waals surface area contributed by atoms with Gasteiger partial charge in [-0.05, 0) is 24.3 Å². The number of amides is 2. The van der Waals surface area contributed by atoms with Gasteiger partial charge in [-0.3, -0.25) is 19.6 Å². The Morgan fingerprint density at radius 3 is 2.50 bits per heavy atom. The van der Waals surface area contributed by atoms with Gasteiger partial charge in [0.1, 0.15) is 0 Å². The molecule has 0 aliphatic carbocycles. The molecule has 3 heterocycles. The van der Waals surface area contributed by atoms with Gasteiger partial charge in [-0.15, -0.1) is 0 Å². The lowest BCUT2D eigenvalue weighted by atomic mass is 9.92. The van der Waals surface area contributed by atoms with E-state index in [9.17, 15) is 9.59 Å². The first-order chi connectivity index (χ1) is 13.5. The maximum absolute atomic E-state index is 12.9. The van der Waals surface area contributed by atoms with Crippen LogP contribution in [0.4, 0.5) is 0 Å². The van der Waals surface area contributed by atoms with E-state index in [1.165, 1.54) is 6.42 Å². The van der Waals surface area contributed by atoms with Gasteiger partial charge >= 0.3 is 0 Å². The van der Waals surface area contributed by atoms with Crippen molar-refractivity contribution in [2.75, 3.05) is 45.8 Å². The quantitative estimate of drug-likeness (QED) is 0.878. The minimum absolute atomic E-state index is 0.0273. The first-order valence-electron chi connectivity index (χ1n) is 10.2. The van der Waals surface area contributed by atoms with E-state index in [1.54, 1.807) is 6.20 Å². The number of piperidine rings is 1. The fraction of sp³-hybridized carbons (Fsp3) is 0.571. The van der Waals surface area contributed by atoms with Gasteiger partial charge in [0.15, 0.2) is 0 Å². The monoisotopic (exact) mass is 383 g/mol. The number of para-hydroxylation sites is 1. The summed E-state index contributed by atoms with van der Waals surface area (Å²) in [6, 6.07) is 5.68. The van der Waals surface area contributed by atoms with Gasteiger partial charge in [0.2, 0.25) is 5.91 Å². The number of benzene rings is 1. The number of rotatable bonds is 3. The minimum Gasteiger partial charge on any atom is -0.341 e. The van der Waals surface area contributed by atoms with Crippen molar-refractivity contribution in [3.8, 4) is 0 Å². The topological polar surface area (TPSA) is 72.5 Å². The summed E-state index contributed by atoms with van der Waals surface area (Å²) in [5.41, 5.74) is 1.45. The van der Waals surface area contributed by atoms with E-state index in [4.69, 9.17) is 0 Å². The second-order valence-electron chi connectivity index (χ2n) is 8.45. The highest BCUT2D eigenvalue weighted by atomic mass is 16.2. The molecule has 0 saturated carbocycles.